The van der Waals surface area contributed by atoms with Crippen LogP contribution in [0, 0.1) is 0 Å². The Morgan fingerprint density at radius 2 is 2.24 bits per heavy atom. The summed E-state index contributed by atoms with van der Waals surface area (Å²) in [5, 5.41) is 9.49. The summed E-state index contributed by atoms with van der Waals surface area (Å²) in [4.78, 5) is 10.3. The predicted octanol–water partition coefficient (Wildman–Crippen LogP) is 3.80. The largest absolute Gasteiger partial charge is 0.370 e. The molecule has 3 aromatic heterocycles. The first-order valence-electron chi connectivity index (χ1n) is 6.52. The third-order valence-corrected chi connectivity index (χ3v) is 4.74. The molecule has 1 N–H and O–H groups in total. The number of hydrogen-bond acceptors (Lipinski definition) is 5. The van der Waals surface area contributed by atoms with Crippen LogP contribution < -0.4 is 5.32 Å². The lowest BCUT2D eigenvalue weighted by Gasteiger charge is -2.07. The summed E-state index contributed by atoms with van der Waals surface area (Å²) in [6, 6.07) is 3.96. The number of halogens is 1. The fourth-order valence-corrected chi connectivity index (χ4v) is 3.46. The fraction of sp³-hybridized carbons (Fsp3) is 0.214. The van der Waals surface area contributed by atoms with Crippen molar-refractivity contribution in [2.45, 2.75) is 6.92 Å². The van der Waals surface area contributed by atoms with Gasteiger partial charge < -0.3 is 5.32 Å². The van der Waals surface area contributed by atoms with Crippen molar-refractivity contribution < 1.29 is 0 Å². The minimum Gasteiger partial charge on any atom is -0.370 e. The zero-order valence-corrected chi connectivity index (χ0v) is 14.1. The van der Waals surface area contributed by atoms with Crippen molar-refractivity contribution in [2.24, 2.45) is 7.05 Å². The molecule has 0 aliphatic rings. The lowest BCUT2D eigenvalue weighted by atomic mass is 10.2. The molecule has 0 atom stereocenters. The molecule has 0 fully saturated rings. The Bertz CT molecular complexity index is 764. The summed E-state index contributed by atoms with van der Waals surface area (Å²) in [7, 11) is 1.90. The molecule has 3 aromatic rings. The number of nitrogens with one attached hydrogen (secondary N) is 1. The van der Waals surface area contributed by atoms with Gasteiger partial charge in [0.25, 0.3) is 0 Å². The molecule has 0 aliphatic carbocycles. The quantitative estimate of drug-likeness (QED) is 0.765. The summed E-state index contributed by atoms with van der Waals surface area (Å²) >= 11 is 5.16. The van der Waals surface area contributed by atoms with Gasteiger partial charge >= 0.3 is 0 Å². The van der Waals surface area contributed by atoms with Crippen molar-refractivity contribution in [1.82, 2.24) is 19.7 Å². The van der Waals surface area contributed by atoms with Crippen LogP contribution in [0.1, 0.15) is 6.92 Å². The number of thiophene rings is 1. The highest BCUT2D eigenvalue weighted by atomic mass is 79.9. The van der Waals surface area contributed by atoms with Gasteiger partial charge in [0.05, 0.1) is 16.8 Å². The number of anilines is 1. The van der Waals surface area contributed by atoms with Crippen molar-refractivity contribution in [1.29, 1.82) is 0 Å². The van der Waals surface area contributed by atoms with Gasteiger partial charge in [0.1, 0.15) is 5.82 Å². The molecule has 0 aliphatic heterocycles. The molecule has 108 valence electrons. The van der Waals surface area contributed by atoms with E-state index >= 15 is 0 Å². The summed E-state index contributed by atoms with van der Waals surface area (Å²) in [5.74, 6) is 1.54. The van der Waals surface area contributed by atoms with Gasteiger partial charge in [-0.25, -0.2) is 9.97 Å². The minimum atomic E-state index is 0.717. The van der Waals surface area contributed by atoms with Crippen LogP contribution in [0.25, 0.3) is 22.0 Å². The van der Waals surface area contributed by atoms with E-state index in [1.54, 1.807) is 16.0 Å². The third kappa shape index (κ3) is 2.98. The lowest BCUT2D eigenvalue weighted by Crippen LogP contribution is -2.02. The van der Waals surface area contributed by atoms with Gasteiger partial charge in [0.15, 0.2) is 5.82 Å². The second-order valence-corrected chi connectivity index (χ2v) is 6.26. The Morgan fingerprint density at radius 3 is 2.86 bits per heavy atom. The van der Waals surface area contributed by atoms with Crippen LogP contribution in [0.5, 0.6) is 0 Å². The number of hydrogen-bond donors (Lipinski definition) is 1. The zero-order chi connectivity index (χ0) is 14.8. The highest BCUT2D eigenvalue weighted by Crippen LogP contribution is 2.33. The van der Waals surface area contributed by atoms with E-state index in [1.807, 2.05) is 43.9 Å². The first-order chi connectivity index (χ1) is 10.2. The van der Waals surface area contributed by atoms with Crippen LogP contribution in [-0.2, 0) is 7.05 Å². The Labute approximate surface area is 135 Å². The minimum absolute atomic E-state index is 0.717. The number of nitrogens with zero attached hydrogens (tertiary/aromatic N) is 4. The molecule has 3 rings (SSSR count). The second kappa shape index (κ2) is 5.95. The fourth-order valence-electron chi connectivity index (χ4n) is 1.98. The maximum atomic E-state index is 4.68. The van der Waals surface area contributed by atoms with Crippen LogP contribution in [-0.4, -0.2) is 26.3 Å². The molecule has 5 nitrogen and oxygen atoms in total. The molecule has 0 saturated heterocycles. The SMILES string of the molecule is CCNc1cc(-c2cnn(C)c2)nc(-c2sccc2Br)n1. The molecular weight excluding hydrogens is 350 g/mol. The first kappa shape index (κ1) is 14.2. The molecule has 0 saturated carbocycles. The highest BCUT2D eigenvalue weighted by Gasteiger charge is 2.13. The van der Waals surface area contributed by atoms with Crippen molar-refractivity contribution in [2.75, 3.05) is 11.9 Å². The molecular formula is C14H14BrN5S. The van der Waals surface area contributed by atoms with E-state index in [4.69, 9.17) is 0 Å². The van der Waals surface area contributed by atoms with E-state index in [-0.39, 0.29) is 0 Å². The maximum Gasteiger partial charge on any atom is 0.173 e. The van der Waals surface area contributed by atoms with Gasteiger partial charge in [0.2, 0.25) is 0 Å². The van der Waals surface area contributed by atoms with E-state index < -0.39 is 0 Å². The monoisotopic (exact) mass is 363 g/mol. The van der Waals surface area contributed by atoms with Crippen LogP contribution >= 0.6 is 27.3 Å². The van der Waals surface area contributed by atoms with Crippen molar-refractivity contribution in [3.63, 3.8) is 0 Å². The standard InChI is InChI=1S/C14H14BrN5S/c1-3-16-12-6-11(9-7-17-20(2)8-9)18-14(19-12)13-10(15)4-5-21-13/h4-8H,3H2,1-2H3,(H,16,18,19). The van der Waals surface area contributed by atoms with E-state index in [2.05, 4.69) is 36.3 Å². The summed E-state index contributed by atoms with van der Waals surface area (Å²) in [6.45, 7) is 2.86. The third-order valence-electron chi connectivity index (χ3n) is 2.90. The smallest absolute Gasteiger partial charge is 0.173 e. The van der Waals surface area contributed by atoms with Crippen molar-refractivity contribution in [3.8, 4) is 22.0 Å². The molecule has 7 heteroatoms. The maximum absolute atomic E-state index is 4.68. The summed E-state index contributed by atoms with van der Waals surface area (Å²) in [5.41, 5.74) is 1.84. The zero-order valence-electron chi connectivity index (χ0n) is 11.7. The Balaban J connectivity index is 2.12. The molecule has 0 bridgehead atoms. The van der Waals surface area contributed by atoms with Crippen molar-refractivity contribution >= 4 is 33.1 Å². The molecule has 3 heterocycles. The van der Waals surface area contributed by atoms with Gasteiger partial charge in [-0.1, -0.05) is 0 Å². The van der Waals surface area contributed by atoms with E-state index in [1.165, 1.54) is 0 Å². The number of rotatable bonds is 4. The van der Waals surface area contributed by atoms with Crippen LogP contribution in [0.2, 0.25) is 0 Å². The van der Waals surface area contributed by atoms with E-state index in [0.717, 1.165) is 33.0 Å². The van der Waals surface area contributed by atoms with Crippen LogP contribution in [0.4, 0.5) is 5.82 Å². The first-order valence-corrected chi connectivity index (χ1v) is 8.20. The molecule has 0 unspecified atom stereocenters. The Hall–Kier alpha value is -1.73. The Morgan fingerprint density at radius 1 is 1.38 bits per heavy atom. The van der Waals surface area contributed by atoms with Gasteiger partial charge in [-0.15, -0.1) is 11.3 Å². The molecule has 0 aromatic carbocycles. The van der Waals surface area contributed by atoms with Crippen LogP contribution in [0.3, 0.4) is 0 Å². The Kier molecular flexibility index (Phi) is 4.03. The van der Waals surface area contributed by atoms with E-state index in [0.29, 0.717) is 5.82 Å². The van der Waals surface area contributed by atoms with Crippen molar-refractivity contribution in [3.05, 3.63) is 34.4 Å². The highest BCUT2D eigenvalue weighted by molar-refractivity contribution is 9.10. The number of aromatic nitrogens is 4. The topological polar surface area (TPSA) is 55.6 Å². The molecule has 0 amide bonds. The summed E-state index contributed by atoms with van der Waals surface area (Å²) in [6.07, 6.45) is 3.76. The normalized spacial score (nSPS) is 10.8. The van der Waals surface area contributed by atoms with Gasteiger partial charge in [0, 0.05) is 35.9 Å². The van der Waals surface area contributed by atoms with Gasteiger partial charge in [-0.3, -0.25) is 4.68 Å². The lowest BCUT2D eigenvalue weighted by molar-refractivity contribution is 0.768. The van der Waals surface area contributed by atoms with Gasteiger partial charge in [-0.2, -0.15) is 5.10 Å². The number of aryl methyl sites for hydroxylation is 1. The molecule has 21 heavy (non-hydrogen) atoms. The molecule has 0 radical (unpaired) electrons. The summed E-state index contributed by atoms with van der Waals surface area (Å²) < 4.78 is 2.78. The van der Waals surface area contributed by atoms with Crippen LogP contribution in [0.15, 0.2) is 34.4 Å². The average Bonchev–Trinajstić information content (AvgIpc) is 3.07. The average molecular weight is 364 g/mol. The second-order valence-electron chi connectivity index (χ2n) is 4.49. The van der Waals surface area contributed by atoms with Gasteiger partial charge in [-0.05, 0) is 34.3 Å². The predicted molar refractivity (Wildman–Crippen MR) is 89.4 cm³/mol. The molecule has 0 spiro atoms. The van der Waals surface area contributed by atoms with E-state index in [9.17, 15) is 0 Å².